The van der Waals surface area contributed by atoms with Crippen molar-refractivity contribution < 1.29 is 13.2 Å². The van der Waals surface area contributed by atoms with Gasteiger partial charge in [0.25, 0.3) is 0 Å². The van der Waals surface area contributed by atoms with Crippen molar-refractivity contribution in [2.24, 2.45) is 0 Å². The van der Waals surface area contributed by atoms with Crippen molar-refractivity contribution in [2.75, 3.05) is 18.4 Å². The lowest BCUT2D eigenvalue weighted by Crippen LogP contribution is -2.10. The minimum atomic E-state index is -4.41. The third kappa shape index (κ3) is 3.33. The summed E-state index contributed by atoms with van der Waals surface area (Å²) in [5, 5.41) is 5.97. The van der Waals surface area contributed by atoms with Gasteiger partial charge in [-0.1, -0.05) is 0 Å². The molecular formula is C14H14F3N5. The molecule has 5 nitrogen and oxygen atoms in total. The van der Waals surface area contributed by atoms with E-state index in [1.54, 1.807) is 6.20 Å². The molecule has 116 valence electrons. The van der Waals surface area contributed by atoms with E-state index in [0.29, 0.717) is 5.92 Å². The Balaban J connectivity index is 1.80. The standard InChI is InChI=1S/C14H14F3N5/c15-14(16,17)10-2-5-19-12(7-10)22-13-20-6-3-11(21-13)9-1-4-18-8-9/h2-3,5-7,9,18H,1,4,8H2,(H,19,20,21,22). The first-order valence-corrected chi connectivity index (χ1v) is 6.86. The highest BCUT2D eigenvalue weighted by Crippen LogP contribution is 2.30. The number of alkyl halides is 3. The Kier molecular flexibility index (Phi) is 3.93. The molecule has 0 spiro atoms. The van der Waals surface area contributed by atoms with Crippen LogP contribution in [0.1, 0.15) is 23.6 Å². The second-order valence-corrected chi connectivity index (χ2v) is 5.05. The summed E-state index contributed by atoms with van der Waals surface area (Å²) in [6, 6.07) is 3.68. The molecule has 0 amide bonds. The largest absolute Gasteiger partial charge is 0.416 e. The van der Waals surface area contributed by atoms with E-state index in [2.05, 4.69) is 25.6 Å². The van der Waals surface area contributed by atoms with Crippen molar-refractivity contribution >= 4 is 11.8 Å². The number of aromatic nitrogens is 3. The minimum Gasteiger partial charge on any atom is -0.316 e. The molecule has 3 heterocycles. The van der Waals surface area contributed by atoms with E-state index in [1.165, 1.54) is 0 Å². The number of anilines is 2. The number of pyridine rings is 1. The molecule has 1 aliphatic rings. The molecule has 1 aliphatic heterocycles. The van der Waals surface area contributed by atoms with Crippen LogP contribution in [0.3, 0.4) is 0 Å². The molecule has 22 heavy (non-hydrogen) atoms. The monoisotopic (exact) mass is 309 g/mol. The molecular weight excluding hydrogens is 295 g/mol. The summed E-state index contributed by atoms with van der Waals surface area (Å²) in [6.07, 6.45) is -0.720. The summed E-state index contributed by atoms with van der Waals surface area (Å²) < 4.78 is 38.0. The molecule has 1 fully saturated rings. The van der Waals surface area contributed by atoms with Crippen LogP contribution in [-0.4, -0.2) is 28.0 Å². The van der Waals surface area contributed by atoms with Crippen molar-refractivity contribution in [2.45, 2.75) is 18.5 Å². The van der Waals surface area contributed by atoms with Crippen LogP contribution in [0.25, 0.3) is 0 Å². The van der Waals surface area contributed by atoms with Crippen LogP contribution in [0.4, 0.5) is 24.9 Å². The van der Waals surface area contributed by atoms with Gasteiger partial charge in [0.15, 0.2) is 0 Å². The lowest BCUT2D eigenvalue weighted by molar-refractivity contribution is -0.137. The minimum absolute atomic E-state index is 0.0662. The van der Waals surface area contributed by atoms with Gasteiger partial charge in [0.2, 0.25) is 5.95 Å². The molecule has 0 radical (unpaired) electrons. The van der Waals surface area contributed by atoms with Gasteiger partial charge in [-0.15, -0.1) is 0 Å². The molecule has 2 N–H and O–H groups in total. The fraction of sp³-hybridized carbons (Fsp3) is 0.357. The third-order valence-electron chi connectivity index (χ3n) is 3.48. The Labute approximate surface area is 125 Å². The number of hydrogen-bond acceptors (Lipinski definition) is 5. The molecule has 8 heteroatoms. The summed E-state index contributed by atoms with van der Waals surface area (Å²) in [6.45, 7) is 1.78. The Morgan fingerprint density at radius 2 is 2.00 bits per heavy atom. The van der Waals surface area contributed by atoms with Crippen molar-refractivity contribution in [3.8, 4) is 0 Å². The van der Waals surface area contributed by atoms with E-state index in [-0.39, 0.29) is 11.8 Å². The van der Waals surface area contributed by atoms with Gasteiger partial charge in [-0.25, -0.2) is 15.0 Å². The summed E-state index contributed by atoms with van der Waals surface area (Å²) in [5.41, 5.74) is 0.107. The first-order chi connectivity index (χ1) is 10.5. The van der Waals surface area contributed by atoms with Gasteiger partial charge >= 0.3 is 6.18 Å². The van der Waals surface area contributed by atoms with Crippen LogP contribution in [0.2, 0.25) is 0 Å². The van der Waals surface area contributed by atoms with Gasteiger partial charge in [0.05, 0.1) is 11.3 Å². The maximum Gasteiger partial charge on any atom is 0.416 e. The topological polar surface area (TPSA) is 62.7 Å². The van der Waals surface area contributed by atoms with Crippen LogP contribution in [0.15, 0.2) is 30.6 Å². The number of hydrogen-bond donors (Lipinski definition) is 2. The first-order valence-electron chi connectivity index (χ1n) is 6.86. The zero-order chi connectivity index (χ0) is 15.6. The van der Waals surface area contributed by atoms with Gasteiger partial charge in [-0.3, -0.25) is 0 Å². The van der Waals surface area contributed by atoms with Crippen molar-refractivity contribution in [3.63, 3.8) is 0 Å². The summed E-state index contributed by atoms with van der Waals surface area (Å²) >= 11 is 0. The normalized spacial score (nSPS) is 18.4. The molecule has 0 bridgehead atoms. The lowest BCUT2D eigenvalue weighted by Gasteiger charge is -2.11. The van der Waals surface area contributed by atoms with Gasteiger partial charge in [0.1, 0.15) is 5.82 Å². The predicted molar refractivity (Wildman–Crippen MR) is 74.8 cm³/mol. The Morgan fingerprint density at radius 3 is 2.73 bits per heavy atom. The van der Waals surface area contributed by atoms with E-state index in [1.807, 2.05) is 6.07 Å². The fourth-order valence-corrected chi connectivity index (χ4v) is 2.36. The van der Waals surface area contributed by atoms with Crippen LogP contribution >= 0.6 is 0 Å². The van der Waals surface area contributed by atoms with Crippen molar-refractivity contribution in [3.05, 3.63) is 41.9 Å². The zero-order valence-electron chi connectivity index (χ0n) is 11.6. The second kappa shape index (κ2) is 5.88. The van der Waals surface area contributed by atoms with Crippen LogP contribution in [0, 0.1) is 0 Å². The third-order valence-corrected chi connectivity index (χ3v) is 3.48. The molecule has 2 aromatic heterocycles. The highest BCUT2D eigenvalue weighted by atomic mass is 19.4. The number of nitrogens with zero attached hydrogens (tertiary/aromatic N) is 3. The van der Waals surface area contributed by atoms with Crippen LogP contribution in [0.5, 0.6) is 0 Å². The first kappa shape index (κ1) is 14.7. The van der Waals surface area contributed by atoms with E-state index >= 15 is 0 Å². The average Bonchev–Trinajstić information content (AvgIpc) is 3.01. The quantitative estimate of drug-likeness (QED) is 0.913. The molecule has 1 atom stereocenters. The molecule has 3 rings (SSSR count). The highest BCUT2D eigenvalue weighted by molar-refractivity contribution is 5.49. The molecule has 0 aliphatic carbocycles. The van der Waals surface area contributed by atoms with Crippen molar-refractivity contribution in [1.29, 1.82) is 0 Å². The molecule has 0 aromatic carbocycles. The summed E-state index contributed by atoms with van der Waals surface area (Å²) in [5.74, 6) is 0.616. The van der Waals surface area contributed by atoms with Gasteiger partial charge < -0.3 is 10.6 Å². The molecule has 2 aromatic rings. The van der Waals surface area contributed by atoms with Gasteiger partial charge in [0, 0.05) is 24.9 Å². The van der Waals surface area contributed by atoms with E-state index < -0.39 is 11.7 Å². The maximum absolute atomic E-state index is 12.7. The van der Waals surface area contributed by atoms with Gasteiger partial charge in [-0.2, -0.15) is 13.2 Å². The Morgan fingerprint density at radius 1 is 1.18 bits per heavy atom. The lowest BCUT2D eigenvalue weighted by atomic mass is 10.1. The van der Waals surface area contributed by atoms with Gasteiger partial charge in [-0.05, 0) is 31.2 Å². The number of halogens is 3. The fourth-order valence-electron chi connectivity index (χ4n) is 2.36. The average molecular weight is 309 g/mol. The maximum atomic E-state index is 12.7. The van der Waals surface area contributed by atoms with Crippen LogP contribution < -0.4 is 10.6 Å². The molecule has 0 saturated carbocycles. The summed E-state index contributed by atoms with van der Waals surface area (Å²) in [7, 11) is 0. The number of rotatable bonds is 3. The number of nitrogens with one attached hydrogen (secondary N) is 2. The van der Waals surface area contributed by atoms with E-state index in [4.69, 9.17) is 0 Å². The Hall–Kier alpha value is -2.22. The molecule has 1 unspecified atom stereocenters. The second-order valence-electron chi connectivity index (χ2n) is 5.05. The zero-order valence-corrected chi connectivity index (χ0v) is 11.6. The summed E-state index contributed by atoms with van der Waals surface area (Å²) in [4.78, 5) is 12.3. The van der Waals surface area contributed by atoms with Crippen molar-refractivity contribution in [1.82, 2.24) is 20.3 Å². The van der Waals surface area contributed by atoms with Crippen LogP contribution in [-0.2, 0) is 6.18 Å². The van der Waals surface area contributed by atoms with E-state index in [9.17, 15) is 13.2 Å². The van der Waals surface area contributed by atoms with E-state index in [0.717, 1.165) is 43.5 Å². The Bertz CT molecular complexity index is 653. The molecule has 1 saturated heterocycles. The predicted octanol–water partition coefficient (Wildman–Crippen LogP) is 2.71. The SMILES string of the molecule is FC(F)(F)c1ccnc(Nc2nccc(C3CCNC3)n2)c1. The smallest absolute Gasteiger partial charge is 0.316 e. The highest BCUT2D eigenvalue weighted by Gasteiger charge is 2.30.